The second kappa shape index (κ2) is 10.5. The van der Waals surface area contributed by atoms with E-state index in [-0.39, 0.29) is 22.9 Å². The van der Waals surface area contributed by atoms with Crippen molar-refractivity contribution in [3.8, 4) is 11.3 Å². The Hall–Kier alpha value is -3.50. The van der Waals surface area contributed by atoms with Gasteiger partial charge in [-0.05, 0) is 6.07 Å². The van der Waals surface area contributed by atoms with E-state index in [1.807, 2.05) is 30.3 Å². The van der Waals surface area contributed by atoms with Crippen molar-refractivity contribution < 1.29 is 14.5 Å². The number of benzene rings is 2. The number of nitro groups is 1. The number of rotatable bonds is 9. The van der Waals surface area contributed by atoms with E-state index in [9.17, 15) is 19.7 Å². The van der Waals surface area contributed by atoms with E-state index in [0.717, 1.165) is 5.56 Å². The minimum atomic E-state index is -0.551. The number of hydrogen-bond acceptors (Lipinski definition) is 7. The van der Waals surface area contributed by atoms with Crippen LogP contribution in [0.5, 0.6) is 0 Å². The first-order chi connectivity index (χ1) is 15.0. The third-order valence-electron chi connectivity index (χ3n) is 3.97. The van der Waals surface area contributed by atoms with Gasteiger partial charge in [-0.3, -0.25) is 19.7 Å². The zero-order chi connectivity index (χ0) is 22.2. The van der Waals surface area contributed by atoms with Gasteiger partial charge in [0.15, 0.2) is 4.34 Å². The third kappa shape index (κ3) is 6.00. The van der Waals surface area contributed by atoms with Gasteiger partial charge in [-0.2, -0.15) is 0 Å². The number of aromatic nitrogens is 1. The Balaban J connectivity index is 1.84. The van der Waals surface area contributed by atoms with Crippen molar-refractivity contribution in [1.82, 2.24) is 10.3 Å². The maximum Gasteiger partial charge on any atom is 0.270 e. The fourth-order valence-electron chi connectivity index (χ4n) is 2.54. The number of amides is 2. The fourth-order valence-corrected chi connectivity index (χ4v) is 4.43. The molecule has 0 saturated carbocycles. The van der Waals surface area contributed by atoms with Gasteiger partial charge in [0.25, 0.3) is 11.6 Å². The Kier molecular flexibility index (Phi) is 7.52. The van der Waals surface area contributed by atoms with E-state index in [4.69, 9.17) is 0 Å². The van der Waals surface area contributed by atoms with Gasteiger partial charge in [0.2, 0.25) is 5.91 Å². The van der Waals surface area contributed by atoms with Crippen LogP contribution in [0.15, 0.2) is 71.6 Å². The molecule has 0 bridgehead atoms. The number of nitro benzene ring substituents is 1. The fraction of sp³-hybridized carbons (Fsp3) is 0.0952. The molecule has 2 N–H and O–H groups in total. The maximum absolute atomic E-state index is 12.7. The Labute approximate surface area is 186 Å². The summed E-state index contributed by atoms with van der Waals surface area (Å²) >= 11 is 2.50. The SMILES string of the molecule is C=CCNC(=O)CSc1nc(-c2ccccc2)c(NC(=O)c2cccc([N+](=O)[O-])c2)s1. The van der Waals surface area contributed by atoms with Gasteiger partial charge in [-0.15, -0.1) is 6.58 Å². The van der Waals surface area contributed by atoms with E-state index >= 15 is 0 Å². The zero-order valence-corrected chi connectivity index (χ0v) is 17.9. The van der Waals surface area contributed by atoms with Crippen molar-refractivity contribution in [2.24, 2.45) is 0 Å². The predicted octanol–water partition coefficient (Wildman–Crippen LogP) is 4.36. The molecule has 0 atom stereocenters. The Morgan fingerprint density at radius 1 is 1.19 bits per heavy atom. The first-order valence-corrected chi connectivity index (χ1v) is 10.9. The number of nitrogens with zero attached hydrogens (tertiary/aromatic N) is 2. The molecule has 2 aromatic carbocycles. The summed E-state index contributed by atoms with van der Waals surface area (Å²) in [6.07, 6.45) is 1.60. The largest absolute Gasteiger partial charge is 0.352 e. The van der Waals surface area contributed by atoms with Crippen molar-refractivity contribution in [2.45, 2.75) is 4.34 Å². The highest BCUT2D eigenvalue weighted by molar-refractivity contribution is 8.01. The van der Waals surface area contributed by atoms with Crippen molar-refractivity contribution in [3.63, 3.8) is 0 Å². The molecule has 3 aromatic rings. The molecule has 0 unspecified atom stereocenters. The summed E-state index contributed by atoms with van der Waals surface area (Å²) in [7, 11) is 0. The molecular weight excluding hydrogens is 436 g/mol. The molecule has 3 rings (SSSR count). The van der Waals surface area contributed by atoms with Gasteiger partial charge in [0.1, 0.15) is 10.7 Å². The normalized spacial score (nSPS) is 10.3. The number of thioether (sulfide) groups is 1. The van der Waals surface area contributed by atoms with Gasteiger partial charge in [0, 0.05) is 29.8 Å². The van der Waals surface area contributed by atoms with Crippen molar-refractivity contribution in [1.29, 1.82) is 0 Å². The molecule has 2 amide bonds. The lowest BCUT2D eigenvalue weighted by atomic mass is 10.1. The lowest BCUT2D eigenvalue weighted by Crippen LogP contribution is -2.24. The maximum atomic E-state index is 12.7. The standard InChI is InChI=1S/C21H18N4O4S2/c1-2-11-22-17(26)13-30-21-23-18(14-7-4-3-5-8-14)20(31-21)24-19(27)15-9-6-10-16(12-15)25(28)29/h2-10,12H,1,11,13H2,(H,22,26)(H,24,27). The highest BCUT2D eigenvalue weighted by Crippen LogP contribution is 2.37. The number of hydrogen-bond donors (Lipinski definition) is 2. The number of carbonyl (C=O) groups is 2. The van der Waals surface area contributed by atoms with Crippen LogP contribution in [-0.2, 0) is 4.79 Å². The summed E-state index contributed by atoms with van der Waals surface area (Å²) in [4.78, 5) is 39.6. The quantitative estimate of drug-likeness (QED) is 0.215. The topological polar surface area (TPSA) is 114 Å². The minimum Gasteiger partial charge on any atom is -0.352 e. The molecule has 0 radical (unpaired) electrons. The molecular formula is C21H18N4O4S2. The summed E-state index contributed by atoms with van der Waals surface area (Å²) in [5, 5.41) is 17.0. The molecule has 8 nitrogen and oxygen atoms in total. The lowest BCUT2D eigenvalue weighted by Gasteiger charge is -2.05. The van der Waals surface area contributed by atoms with Gasteiger partial charge in [-0.1, -0.05) is 65.6 Å². The van der Waals surface area contributed by atoms with Gasteiger partial charge >= 0.3 is 0 Å². The first kappa shape index (κ1) is 22.2. The van der Waals surface area contributed by atoms with Crippen LogP contribution in [0, 0.1) is 10.1 Å². The summed E-state index contributed by atoms with van der Waals surface area (Å²) < 4.78 is 0.613. The molecule has 0 saturated heterocycles. The molecule has 0 fully saturated rings. The molecule has 0 aliphatic carbocycles. The summed E-state index contributed by atoms with van der Waals surface area (Å²) in [6, 6.07) is 14.8. The summed E-state index contributed by atoms with van der Waals surface area (Å²) in [5.74, 6) is -0.457. The van der Waals surface area contributed by atoms with E-state index in [2.05, 4.69) is 22.2 Å². The number of anilines is 1. The van der Waals surface area contributed by atoms with Crippen LogP contribution in [0.4, 0.5) is 10.7 Å². The molecule has 0 aliphatic heterocycles. The lowest BCUT2D eigenvalue weighted by molar-refractivity contribution is -0.384. The number of non-ortho nitro benzene ring substituents is 1. The smallest absolute Gasteiger partial charge is 0.270 e. The van der Waals surface area contributed by atoms with Crippen LogP contribution in [-0.4, -0.2) is 34.0 Å². The van der Waals surface area contributed by atoms with E-state index < -0.39 is 10.8 Å². The highest BCUT2D eigenvalue weighted by Gasteiger charge is 2.18. The van der Waals surface area contributed by atoms with Crippen LogP contribution < -0.4 is 10.6 Å². The number of carbonyl (C=O) groups excluding carboxylic acids is 2. The second-order valence-electron chi connectivity index (χ2n) is 6.17. The third-order valence-corrected chi connectivity index (χ3v) is 6.09. The van der Waals surface area contributed by atoms with Gasteiger partial charge in [-0.25, -0.2) is 4.98 Å². The average molecular weight is 455 g/mol. The van der Waals surface area contributed by atoms with Crippen molar-refractivity contribution >= 4 is 45.6 Å². The monoisotopic (exact) mass is 454 g/mol. The van der Waals surface area contributed by atoms with Crippen LogP contribution in [0.25, 0.3) is 11.3 Å². The molecule has 0 aliphatic rings. The minimum absolute atomic E-state index is 0.149. The molecule has 10 heteroatoms. The highest BCUT2D eigenvalue weighted by atomic mass is 32.2. The molecule has 31 heavy (non-hydrogen) atoms. The predicted molar refractivity (Wildman–Crippen MR) is 123 cm³/mol. The number of thiazole rings is 1. The van der Waals surface area contributed by atoms with E-state index in [1.54, 1.807) is 6.08 Å². The van der Waals surface area contributed by atoms with Crippen LogP contribution in [0.2, 0.25) is 0 Å². The van der Waals surface area contributed by atoms with Crippen LogP contribution in [0.1, 0.15) is 10.4 Å². The van der Waals surface area contributed by atoms with E-state index in [0.29, 0.717) is 21.6 Å². The second-order valence-corrected chi connectivity index (χ2v) is 8.39. The Morgan fingerprint density at radius 3 is 2.68 bits per heavy atom. The van der Waals surface area contributed by atoms with Crippen molar-refractivity contribution in [2.75, 3.05) is 17.6 Å². The first-order valence-electron chi connectivity index (χ1n) is 9.10. The molecule has 1 aromatic heterocycles. The van der Waals surface area contributed by atoms with Crippen molar-refractivity contribution in [3.05, 3.63) is 82.9 Å². The molecule has 0 spiro atoms. The van der Waals surface area contributed by atoms with Crippen LogP contribution in [0.3, 0.4) is 0 Å². The van der Waals surface area contributed by atoms with E-state index in [1.165, 1.54) is 47.4 Å². The Bertz CT molecular complexity index is 1120. The van der Waals surface area contributed by atoms with Crippen LogP contribution >= 0.6 is 23.1 Å². The summed E-state index contributed by atoms with van der Waals surface area (Å²) in [5.41, 5.74) is 1.37. The zero-order valence-electron chi connectivity index (χ0n) is 16.2. The average Bonchev–Trinajstić information content (AvgIpc) is 3.19. The Morgan fingerprint density at radius 2 is 1.97 bits per heavy atom. The molecule has 158 valence electrons. The summed E-state index contributed by atoms with van der Waals surface area (Å²) in [6.45, 7) is 3.94. The van der Waals surface area contributed by atoms with Gasteiger partial charge in [0.05, 0.1) is 10.7 Å². The van der Waals surface area contributed by atoms with Gasteiger partial charge < -0.3 is 10.6 Å². The molecule has 1 heterocycles. The number of nitrogens with one attached hydrogen (secondary N) is 2.